The Morgan fingerprint density at radius 1 is 1.19 bits per heavy atom. The molecule has 1 aliphatic rings. The molecule has 1 saturated heterocycles. The van der Waals surface area contributed by atoms with Crippen LogP contribution in [0.25, 0.3) is 0 Å². The minimum atomic E-state index is -0.672. The number of nitrogens with zero attached hydrogens (tertiary/aromatic N) is 5. The Bertz CT molecular complexity index is 1160. The summed E-state index contributed by atoms with van der Waals surface area (Å²) in [5.41, 5.74) is 5.60. The number of pyridine rings is 1. The summed E-state index contributed by atoms with van der Waals surface area (Å²) in [6.07, 6.45) is 4.21. The normalized spacial score (nSPS) is 15.2. The maximum Gasteiger partial charge on any atom is 0.254 e. The Morgan fingerprint density at radius 2 is 1.91 bits per heavy atom. The van der Waals surface area contributed by atoms with E-state index in [4.69, 9.17) is 5.73 Å². The highest BCUT2D eigenvalue weighted by Gasteiger charge is 2.38. The van der Waals surface area contributed by atoms with Gasteiger partial charge in [-0.25, -0.2) is 13.8 Å². The third-order valence-electron chi connectivity index (χ3n) is 5.71. The van der Waals surface area contributed by atoms with E-state index < -0.39 is 11.4 Å². The van der Waals surface area contributed by atoms with Gasteiger partial charge in [0, 0.05) is 37.2 Å². The number of nitriles is 1. The Balaban J connectivity index is 1.61. The molecule has 0 unspecified atom stereocenters. The average Bonchev–Trinajstić information content (AvgIpc) is 3.21. The fourth-order valence-corrected chi connectivity index (χ4v) is 3.91. The third-order valence-corrected chi connectivity index (χ3v) is 5.71. The molecule has 3 N–H and O–H groups in total. The molecule has 0 spiro atoms. The zero-order chi connectivity index (χ0) is 22.7. The third kappa shape index (κ3) is 4.23. The molecule has 4 rings (SSSR count). The smallest absolute Gasteiger partial charge is 0.254 e. The van der Waals surface area contributed by atoms with Gasteiger partial charge in [-0.05, 0) is 43.2 Å². The first-order valence-electron chi connectivity index (χ1n) is 10.1. The Hall–Kier alpha value is -4.00. The quantitative estimate of drug-likeness (QED) is 0.612. The van der Waals surface area contributed by atoms with Crippen LogP contribution in [0, 0.1) is 23.0 Å². The van der Waals surface area contributed by atoms with E-state index in [1.54, 1.807) is 10.9 Å². The molecule has 0 bridgehead atoms. The minimum absolute atomic E-state index is 0.167. The number of primary amides is 1. The van der Waals surface area contributed by atoms with Gasteiger partial charge in [0.1, 0.15) is 23.0 Å². The van der Waals surface area contributed by atoms with Gasteiger partial charge in [0.2, 0.25) is 0 Å². The molecule has 8 nitrogen and oxygen atoms in total. The second-order valence-corrected chi connectivity index (χ2v) is 7.71. The number of halogens is 2. The van der Waals surface area contributed by atoms with Crippen LogP contribution >= 0.6 is 0 Å². The van der Waals surface area contributed by atoms with Crippen LogP contribution in [0.4, 0.5) is 26.1 Å². The molecule has 32 heavy (non-hydrogen) atoms. The first-order chi connectivity index (χ1) is 15.4. The summed E-state index contributed by atoms with van der Waals surface area (Å²) in [5, 5.41) is 17.0. The zero-order valence-electron chi connectivity index (χ0n) is 17.1. The minimum Gasteiger partial charge on any atom is -0.365 e. The molecule has 0 radical (unpaired) electrons. The topological polar surface area (TPSA) is 113 Å². The summed E-state index contributed by atoms with van der Waals surface area (Å²) >= 11 is 0. The summed E-state index contributed by atoms with van der Waals surface area (Å²) in [6.45, 7) is 1.06. The lowest BCUT2D eigenvalue weighted by molar-refractivity contribution is 0.100. The lowest BCUT2D eigenvalue weighted by Gasteiger charge is -2.41. The molecule has 1 aromatic carbocycles. The van der Waals surface area contributed by atoms with Gasteiger partial charge >= 0.3 is 0 Å². The van der Waals surface area contributed by atoms with Crippen molar-refractivity contribution in [3.8, 4) is 6.07 Å². The number of hydrogen-bond acceptors (Lipinski definition) is 6. The number of aromatic nitrogens is 3. The van der Waals surface area contributed by atoms with Crippen LogP contribution in [0.1, 0.15) is 29.6 Å². The Labute approximate surface area is 183 Å². The number of carbonyl (C=O) groups is 1. The van der Waals surface area contributed by atoms with Crippen LogP contribution < -0.4 is 16.0 Å². The van der Waals surface area contributed by atoms with Gasteiger partial charge in [-0.2, -0.15) is 10.4 Å². The van der Waals surface area contributed by atoms with Crippen LogP contribution in [0.5, 0.6) is 0 Å². The molecule has 1 aliphatic heterocycles. The average molecular weight is 437 g/mol. The van der Waals surface area contributed by atoms with Gasteiger partial charge in [0.15, 0.2) is 5.82 Å². The van der Waals surface area contributed by atoms with Gasteiger partial charge in [-0.1, -0.05) is 0 Å². The second-order valence-electron chi connectivity index (χ2n) is 7.71. The summed E-state index contributed by atoms with van der Waals surface area (Å²) in [5.74, 6) is -0.653. The number of piperidine rings is 1. The number of benzene rings is 1. The van der Waals surface area contributed by atoms with Crippen molar-refractivity contribution in [2.75, 3.05) is 23.3 Å². The highest BCUT2D eigenvalue weighted by Crippen LogP contribution is 2.36. The van der Waals surface area contributed by atoms with Crippen molar-refractivity contribution in [1.29, 1.82) is 5.26 Å². The molecule has 3 aromatic rings. The number of anilines is 3. The SMILES string of the molecule is N#CCC1(n2cc(C(N)=O)c(Nc3ccc(F)cc3)n2)CCN(c2cc(F)ccn2)CC1. The molecule has 0 aliphatic carbocycles. The standard InChI is InChI=1S/C22H21F2N7O/c23-15-1-3-17(4-2-15)28-21-18(20(26)32)14-31(29-21)22(6-9-25)7-11-30(12-8-22)19-13-16(24)5-10-27-19/h1-5,10,13-14H,6-8,11-12H2,(H2,26,32)(H,28,29). The largest absolute Gasteiger partial charge is 0.365 e. The van der Waals surface area contributed by atoms with Crippen LogP contribution in [0.3, 0.4) is 0 Å². The number of carbonyl (C=O) groups excluding carboxylic acids is 1. The van der Waals surface area contributed by atoms with E-state index in [0.717, 1.165) is 0 Å². The van der Waals surface area contributed by atoms with Gasteiger partial charge in [0.05, 0.1) is 18.0 Å². The van der Waals surface area contributed by atoms with Crippen molar-refractivity contribution in [3.05, 3.63) is 66.0 Å². The zero-order valence-corrected chi connectivity index (χ0v) is 17.1. The van der Waals surface area contributed by atoms with Crippen molar-refractivity contribution < 1.29 is 13.6 Å². The lowest BCUT2D eigenvalue weighted by Crippen LogP contribution is -2.46. The van der Waals surface area contributed by atoms with Crippen molar-refractivity contribution >= 4 is 23.2 Å². The summed E-state index contributed by atoms with van der Waals surface area (Å²) in [7, 11) is 0. The molecule has 0 atom stereocenters. The molecule has 0 saturated carbocycles. The van der Waals surface area contributed by atoms with E-state index >= 15 is 0 Å². The Morgan fingerprint density at radius 3 is 2.53 bits per heavy atom. The number of nitrogens with two attached hydrogens (primary N) is 1. The summed E-state index contributed by atoms with van der Waals surface area (Å²) in [6, 6.07) is 10.5. The molecule has 1 amide bonds. The first-order valence-corrected chi connectivity index (χ1v) is 10.1. The fraction of sp³-hybridized carbons (Fsp3) is 0.273. The first kappa shape index (κ1) is 21.2. The number of amides is 1. The number of hydrogen-bond donors (Lipinski definition) is 2. The summed E-state index contributed by atoms with van der Waals surface area (Å²) in [4.78, 5) is 18.2. The van der Waals surface area contributed by atoms with E-state index in [-0.39, 0.29) is 29.4 Å². The van der Waals surface area contributed by atoms with Gasteiger partial charge in [-0.3, -0.25) is 9.48 Å². The van der Waals surface area contributed by atoms with E-state index in [0.29, 0.717) is 37.4 Å². The highest BCUT2D eigenvalue weighted by molar-refractivity contribution is 5.98. The highest BCUT2D eigenvalue weighted by atomic mass is 19.1. The predicted molar refractivity (Wildman–Crippen MR) is 114 cm³/mol. The fourth-order valence-electron chi connectivity index (χ4n) is 3.91. The van der Waals surface area contributed by atoms with E-state index in [2.05, 4.69) is 21.5 Å². The van der Waals surface area contributed by atoms with Crippen molar-refractivity contribution in [1.82, 2.24) is 14.8 Å². The van der Waals surface area contributed by atoms with Crippen molar-refractivity contribution in [2.24, 2.45) is 5.73 Å². The predicted octanol–water partition coefficient (Wildman–Crippen LogP) is 3.31. The van der Waals surface area contributed by atoms with Gasteiger partial charge < -0.3 is 16.0 Å². The van der Waals surface area contributed by atoms with Crippen LogP contribution in [0.2, 0.25) is 0 Å². The second kappa shape index (κ2) is 8.63. The molecule has 10 heteroatoms. The van der Waals surface area contributed by atoms with Crippen LogP contribution in [-0.4, -0.2) is 33.8 Å². The van der Waals surface area contributed by atoms with E-state index in [1.165, 1.54) is 42.6 Å². The van der Waals surface area contributed by atoms with Gasteiger partial charge in [0.25, 0.3) is 5.91 Å². The maximum absolute atomic E-state index is 13.6. The van der Waals surface area contributed by atoms with Crippen LogP contribution in [-0.2, 0) is 5.54 Å². The lowest BCUT2D eigenvalue weighted by atomic mass is 9.85. The van der Waals surface area contributed by atoms with Gasteiger partial charge in [-0.15, -0.1) is 0 Å². The molecule has 2 aromatic heterocycles. The Kier molecular flexibility index (Phi) is 5.73. The molecular formula is C22H21F2N7O. The van der Waals surface area contributed by atoms with Crippen LogP contribution in [0.15, 0.2) is 48.8 Å². The van der Waals surface area contributed by atoms with E-state index in [9.17, 15) is 18.8 Å². The van der Waals surface area contributed by atoms with Crippen molar-refractivity contribution in [2.45, 2.75) is 24.8 Å². The molecule has 1 fully saturated rings. The number of rotatable bonds is 6. The summed E-state index contributed by atoms with van der Waals surface area (Å²) < 4.78 is 28.4. The van der Waals surface area contributed by atoms with Crippen molar-refractivity contribution in [3.63, 3.8) is 0 Å². The monoisotopic (exact) mass is 437 g/mol. The molecular weight excluding hydrogens is 416 g/mol. The molecule has 164 valence electrons. The van der Waals surface area contributed by atoms with E-state index in [1.807, 2.05) is 4.90 Å². The molecule has 3 heterocycles. The number of nitrogens with one attached hydrogen (secondary N) is 1. The maximum atomic E-state index is 13.6.